The summed E-state index contributed by atoms with van der Waals surface area (Å²) in [6, 6.07) is 3.35. The van der Waals surface area contributed by atoms with Gasteiger partial charge >= 0.3 is 0 Å². The summed E-state index contributed by atoms with van der Waals surface area (Å²) in [4.78, 5) is 0.291. The number of methoxy groups -OCH3 is 1. The zero-order chi connectivity index (χ0) is 15.6. The summed E-state index contributed by atoms with van der Waals surface area (Å²) in [5.74, 6) is 0.440. The first-order chi connectivity index (χ1) is 9.86. The Hall–Kier alpha value is -0.630. The molecule has 7 heteroatoms. The van der Waals surface area contributed by atoms with Gasteiger partial charge in [0.1, 0.15) is 0 Å². The first-order valence-corrected chi connectivity index (χ1v) is 9.14. The van der Waals surface area contributed by atoms with Crippen LogP contribution >= 0.6 is 15.9 Å². The van der Waals surface area contributed by atoms with Crippen molar-refractivity contribution >= 4 is 31.6 Å². The van der Waals surface area contributed by atoms with Crippen LogP contribution < -0.4 is 5.73 Å². The van der Waals surface area contributed by atoms with Gasteiger partial charge in [-0.25, -0.2) is 8.42 Å². The van der Waals surface area contributed by atoms with Crippen LogP contribution in [0.5, 0.6) is 0 Å². The second-order valence-electron chi connectivity index (χ2n) is 5.42. The van der Waals surface area contributed by atoms with Crippen LogP contribution in [0, 0.1) is 12.8 Å². The molecular weight excluding hydrogens is 356 g/mol. The predicted molar refractivity (Wildman–Crippen MR) is 86.7 cm³/mol. The lowest BCUT2D eigenvalue weighted by atomic mass is 9.99. The zero-order valence-electron chi connectivity index (χ0n) is 12.3. The number of halogens is 1. The van der Waals surface area contributed by atoms with Gasteiger partial charge in [0.05, 0.1) is 4.90 Å². The third-order valence-corrected chi connectivity index (χ3v) is 6.44. The van der Waals surface area contributed by atoms with Crippen molar-refractivity contribution in [3.8, 4) is 0 Å². The lowest BCUT2D eigenvalue weighted by Gasteiger charge is -2.31. The fraction of sp³-hybridized carbons (Fsp3) is 0.571. The summed E-state index contributed by atoms with van der Waals surface area (Å²) in [6.07, 6.45) is 1.66. The highest BCUT2D eigenvalue weighted by Crippen LogP contribution is 2.30. The van der Waals surface area contributed by atoms with Gasteiger partial charge < -0.3 is 10.5 Å². The summed E-state index contributed by atoms with van der Waals surface area (Å²) < 4.78 is 33.0. The van der Waals surface area contributed by atoms with Gasteiger partial charge in [-0.3, -0.25) is 0 Å². The Morgan fingerprint density at radius 2 is 2.00 bits per heavy atom. The third kappa shape index (κ3) is 3.59. The lowest BCUT2D eigenvalue weighted by Crippen LogP contribution is -2.39. The Bertz CT molecular complexity index is 611. The van der Waals surface area contributed by atoms with Gasteiger partial charge in [0.25, 0.3) is 0 Å². The molecule has 1 aliphatic heterocycles. The highest BCUT2D eigenvalue weighted by molar-refractivity contribution is 9.10. The molecule has 1 aliphatic rings. The number of nitrogen functional groups attached to an aromatic ring is 1. The first kappa shape index (κ1) is 16.7. The van der Waals surface area contributed by atoms with E-state index in [1.165, 1.54) is 0 Å². The molecule has 0 unspecified atom stereocenters. The maximum absolute atomic E-state index is 12.8. The average Bonchev–Trinajstić information content (AvgIpc) is 2.43. The van der Waals surface area contributed by atoms with Crippen LogP contribution in [0.1, 0.15) is 18.4 Å². The van der Waals surface area contributed by atoms with Crippen LogP contribution in [0.2, 0.25) is 0 Å². The molecule has 0 amide bonds. The van der Waals surface area contributed by atoms with Crippen LogP contribution in [-0.4, -0.2) is 39.5 Å². The average molecular weight is 377 g/mol. The zero-order valence-corrected chi connectivity index (χ0v) is 14.7. The molecule has 0 saturated carbocycles. The number of ether oxygens (including phenoxy) is 1. The lowest BCUT2D eigenvalue weighted by molar-refractivity contribution is 0.121. The van der Waals surface area contributed by atoms with E-state index < -0.39 is 10.0 Å². The number of piperidine rings is 1. The Morgan fingerprint density at radius 3 is 2.57 bits per heavy atom. The molecule has 1 fully saturated rings. The van der Waals surface area contributed by atoms with Crippen molar-refractivity contribution in [3.05, 3.63) is 22.2 Å². The minimum absolute atomic E-state index is 0.291. The number of nitrogens with zero attached hydrogens (tertiary/aromatic N) is 1. The van der Waals surface area contributed by atoms with Gasteiger partial charge in [0.2, 0.25) is 10.0 Å². The number of hydrogen-bond acceptors (Lipinski definition) is 4. The topological polar surface area (TPSA) is 72.6 Å². The van der Waals surface area contributed by atoms with Crippen molar-refractivity contribution in [1.29, 1.82) is 0 Å². The van der Waals surface area contributed by atoms with Crippen LogP contribution in [0.4, 0.5) is 5.69 Å². The standard InChI is InChI=1S/C14H21BrN2O3S/c1-10-13(16)7-12(15)8-14(10)21(18,19)17-5-3-11(4-6-17)9-20-2/h7-8,11H,3-6,9,16H2,1-2H3. The molecule has 1 aromatic carbocycles. The smallest absolute Gasteiger partial charge is 0.243 e. The number of benzene rings is 1. The van der Waals surface area contributed by atoms with E-state index in [1.807, 2.05) is 0 Å². The molecule has 21 heavy (non-hydrogen) atoms. The largest absolute Gasteiger partial charge is 0.398 e. The summed E-state index contributed by atoms with van der Waals surface area (Å²) >= 11 is 3.31. The van der Waals surface area contributed by atoms with Crippen LogP contribution in [-0.2, 0) is 14.8 Å². The Morgan fingerprint density at radius 1 is 1.38 bits per heavy atom. The molecule has 5 nitrogen and oxygen atoms in total. The van der Waals surface area contributed by atoms with Gasteiger partial charge in [0.15, 0.2) is 0 Å². The number of sulfonamides is 1. The molecule has 1 saturated heterocycles. The van der Waals surface area contributed by atoms with E-state index in [-0.39, 0.29) is 0 Å². The van der Waals surface area contributed by atoms with E-state index in [4.69, 9.17) is 10.5 Å². The minimum atomic E-state index is -3.49. The van der Waals surface area contributed by atoms with Gasteiger partial charge in [-0.1, -0.05) is 15.9 Å². The molecule has 0 aliphatic carbocycles. The first-order valence-electron chi connectivity index (χ1n) is 6.91. The molecule has 0 bridgehead atoms. The number of rotatable bonds is 4. The SMILES string of the molecule is COCC1CCN(S(=O)(=O)c2cc(Br)cc(N)c2C)CC1. The van der Waals surface area contributed by atoms with Gasteiger partial charge in [-0.15, -0.1) is 0 Å². The van der Waals surface area contributed by atoms with Crippen molar-refractivity contribution in [1.82, 2.24) is 4.31 Å². The highest BCUT2D eigenvalue weighted by atomic mass is 79.9. The summed E-state index contributed by atoms with van der Waals surface area (Å²) in [5.41, 5.74) is 6.97. The number of anilines is 1. The molecule has 0 spiro atoms. The van der Waals surface area contributed by atoms with E-state index in [9.17, 15) is 8.42 Å². The molecule has 0 radical (unpaired) electrons. The van der Waals surface area contributed by atoms with Gasteiger partial charge in [-0.2, -0.15) is 4.31 Å². The van der Waals surface area contributed by atoms with Crippen molar-refractivity contribution in [2.75, 3.05) is 32.5 Å². The maximum Gasteiger partial charge on any atom is 0.243 e. The summed E-state index contributed by atoms with van der Waals surface area (Å²) in [6.45, 7) is 3.49. The monoisotopic (exact) mass is 376 g/mol. The van der Waals surface area contributed by atoms with Crippen molar-refractivity contribution in [2.45, 2.75) is 24.7 Å². The highest BCUT2D eigenvalue weighted by Gasteiger charge is 2.31. The molecule has 0 aromatic heterocycles. The van der Waals surface area contributed by atoms with Crippen molar-refractivity contribution in [3.63, 3.8) is 0 Å². The van der Waals surface area contributed by atoms with Crippen LogP contribution in [0.3, 0.4) is 0 Å². The molecule has 0 atom stereocenters. The molecule has 118 valence electrons. The van der Waals surface area contributed by atoms with E-state index in [0.29, 0.717) is 46.2 Å². The quantitative estimate of drug-likeness (QED) is 0.818. The fourth-order valence-corrected chi connectivity index (χ4v) is 5.01. The Labute approximate surface area is 134 Å². The second kappa shape index (κ2) is 6.64. The third-order valence-electron chi connectivity index (χ3n) is 3.96. The van der Waals surface area contributed by atoms with Crippen LogP contribution in [0.15, 0.2) is 21.5 Å². The van der Waals surface area contributed by atoms with Gasteiger partial charge in [-0.05, 0) is 43.4 Å². The Balaban J connectivity index is 2.24. The molecule has 1 aromatic rings. The minimum Gasteiger partial charge on any atom is -0.398 e. The second-order valence-corrected chi connectivity index (χ2v) is 8.24. The summed E-state index contributed by atoms with van der Waals surface area (Å²) in [5, 5.41) is 0. The summed E-state index contributed by atoms with van der Waals surface area (Å²) in [7, 11) is -1.82. The molecule has 1 heterocycles. The van der Waals surface area contributed by atoms with E-state index in [0.717, 1.165) is 12.8 Å². The molecule has 2 rings (SSSR count). The maximum atomic E-state index is 12.8. The molecule has 2 N–H and O–H groups in total. The number of hydrogen-bond donors (Lipinski definition) is 1. The fourth-order valence-electron chi connectivity index (χ4n) is 2.63. The van der Waals surface area contributed by atoms with E-state index >= 15 is 0 Å². The van der Waals surface area contributed by atoms with Crippen molar-refractivity contribution in [2.24, 2.45) is 5.92 Å². The van der Waals surface area contributed by atoms with E-state index in [2.05, 4.69) is 15.9 Å². The normalized spacial score (nSPS) is 18.0. The predicted octanol–water partition coefficient (Wildman–Crippen LogP) is 2.39. The van der Waals surface area contributed by atoms with Gasteiger partial charge in [0, 0.05) is 37.0 Å². The van der Waals surface area contributed by atoms with E-state index in [1.54, 1.807) is 30.5 Å². The Kier molecular flexibility index (Phi) is 5.29. The van der Waals surface area contributed by atoms with Crippen LogP contribution in [0.25, 0.3) is 0 Å². The number of nitrogens with two attached hydrogens (primary N) is 1. The van der Waals surface area contributed by atoms with Crippen molar-refractivity contribution < 1.29 is 13.2 Å². The molecular formula is C14H21BrN2O3S.